The van der Waals surface area contributed by atoms with Gasteiger partial charge in [0.2, 0.25) is 0 Å². The molecule has 0 bridgehead atoms. The number of hydrogen-bond donors (Lipinski definition) is 2. The molecule has 0 aliphatic carbocycles. The van der Waals surface area contributed by atoms with Gasteiger partial charge in [-0.1, -0.05) is 29.8 Å². The van der Waals surface area contributed by atoms with E-state index in [-0.39, 0.29) is 0 Å². The normalized spacial score (nSPS) is 17.1. The molecule has 27 heavy (non-hydrogen) atoms. The first kappa shape index (κ1) is 19.4. The Morgan fingerprint density at radius 2 is 2.04 bits per heavy atom. The Labute approximate surface area is 166 Å². The number of nitrogens with zero attached hydrogens (tertiary/aromatic N) is 2. The molecular weight excluding hydrogens is 360 g/mol. The lowest BCUT2D eigenvalue weighted by Crippen LogP contribution is -2.39. The van der Waals surface area contributed by atoms with Crippen LogP contribution in [0.25, 0.3) is 0 Å². The SMILES string of the molecule is CN=C(NCc1ccc(Cl)cc1)NCC1CCN(c2cccc(OC)c2)C1. The second kappa shape index (κ2) is 9.51. The molecule has 1 unspecified atom stereocenters. The molecular formula is C21H27ClN4O. The summed E-state index contributed by atoms with van der Waals surface area (Å²) in [6, 6.07) is 16.1. The molecule has 0 radical (unpaired) electrons. The van der Waals surface area contributed by atoms with Gasteiger partial charge < -0.3 is 20.3 Å². The van der Waals surface area contributed by atoms with E-state index in [2.05, 4.69) is 32.7 Å². The highest BCUT2D eigenvalue weighted by atomic mass is 35.5. The van der Waals surface area contributed by atoms with Crippen LogP contribution in [0.2, 0.25) is 5.02 Å². The summed E-state index contributed by atoms with van der Waals surface area (Å²) in [6.07, 6.45) is 1.17. The van der Waals surface area contributed by atoms with E-state index >= 15 is 0 Å². The summed E-state index contributed by atoms with van der Waals surface area (Å²) in [5, 5.41) is 7.55. The van der Waals surface area contributed by atoms with E-state index in [1.807, 2.05) is 36.4 Å². The molecule has 1 fully saturated rings. The first-order valence-corrected chi connectivity index (χ1v) is 9.63. The van der Waals surface area contributed by atoms with Gasteiger partial charge in [-0.3, -0.25) is 4.99 Å². The van der Waals surface area contributed by atoms with Gasteiger partial charge in [0, 0.05) is 50.0 Å². The van der Waals surface area contributed by atoms with Crippen LogP contribution in [0, 0.1) is 5.92 Å². The molecule has 2 aromatic carbocycles. The van der Waals surface area contributed by atoms with Crippen LogP contribution in [0.1, 0.15) is 12.0 Å². The van der Waals surface area contributed by atoms with Crippen LogP contribution in [0.5, 0.6) is 5.75 Å². The summed E-state index contributed by atoms with van der Waals surface area (Å²) in [5.41, 5.74) is 2.40. The summed E-state index contributed by atoms with van der Waals surface area (Å²) in [6.45, 7) is 3.73. The van der Waals surface area contributed by atoms with Crippen molar-refractivity contribution < 1.29 is 4.74 Å². The zero-order chi connectivity index (χ0) is 19.1. The predicted octanol–water partition coefficient (Wildman–Crippen LogP) is 3.54. The Morgan fingerprint density at radius 1 is 1.22 bits per heavy atom. The predicted molar refractivity (Wildman–Crippen MR) is 113 cm³/mol. The molecule has 1 aliphatic rings. The fourth-order valence-corrected chi connectivity index (χ4v) is 3.42. The van der Waals surface area contributed by atoms with E-state index in [1.165, 1.54) is 17.7 Å². The molecule has 1 atom stereocenters. The fraction of sp³-hybridized carbons (Fsp3) is 0.381. The minimum Gasteiger partial charge on any atom is -0.497 e. The van der Waals surface area contributed by atoms with Crippen molar-refractivity contribution in [1.29, 1.82) is 0 Å². The van der Waals surface area contributed by atoms with Gasteiger partial charge in [-0.2, -0.15) is 0 Å². The Balaban J connectivity index is 1.45. The zero-order valence-electron chi connectivity index (χ0n) is 15.9. The van der Waals surface area contributed by atoms with Crippen molar-refractivity contribution in [3.63, 3.8) is 0 Å². The van der Waals surface area contributed by atoms with Crippen molar-refractivity contribution in [2.24, 2.45) is 10.9 Å². The van der Waals surface area contributed by atoms with Gasteiger partial charge in [0.05, 0.1) is 7.11 Å². The third kappa shape index (κ3) is 5.54. The van der Waals surface area contributed by atoms with E-state index < -0.39 is 0 Å². The van der Waals surface area contributed by atoms with Gasteiger partial charge in [-0.15, -0.1) is 0 Å². The molecule has 1 aliphatic heterocycles. The molecule has 1 saturated heterocycles. The van der Waals surface area contributed by atoms with Crippen LogP contribution in [-0.2, 0) is 6.54 Å². The Morgan fingerprint density at radius 3 is 2.78 bits per heavy atom. The largest absolute Gasteiger partial charge is 0.497 e. The molecule has 0 aromatic heterocycles. The number of anilines is 1. The number of aliphatic imine (C=N–C) groups is 1. The third-order valence-corrected chi connectivity index (χ3v) is 5.11. The lowest BCUT2D eigenvalue weighted by molar-refractivity contribution is 0.415. The number of rotatable bonds is 6. The van der Waals surface area contributed by atoms with Crippen LogP contribution in [0.4, 0.5) is 5.69 Å². The quantitative estimate of drug-likeness (QED) is 0.589. The average molecular weight is 387 g/mol. The highest BCUT2D eigenvalue weighted by molar-refractivity contribution is 6.30. The summed E-state index contributed by atoms with van der Waals surface area (Å²) >= 11 is 5.93. The summed E-state index contributed by atoms with van der Waals surface area (Å²) < 4.78 is 5.33. The molecule has 0 spiro atoms. The second-order valence-corrected chi connectivity index (χ2v) is 7.17. The molecule has 2 aromatic rings. The van der Waals surface area contributed by atoms with Crippen LogP contribution >= 0.6 is 11.6 Å². The topological polar surface area (TPSA) is 48.9 Å². The molecule has 5 nitrogen and oxygen atoms in total. The number of ether oxygens (including phenoxy) is 1. The van der Waals surface area contributed by atoms with Crippen LogP contribution in [-0.4, -0.2) is 39.8 Å². The van der Waals surface area contributed by atoms with Crippen molar-refractivity contribution in [2.45, 2.75) is 13.0 Å². The maximum absolute atomic E-state index is 5.93. The Bertz CT molecular complexity index is 763. The van der Waals surface area contributed by atoms with Gasteiger partial charge in [-0.05, 0) is 42.2 Å². The van der Waals surface area contributed by atoms with Crippen LogP contribution in [0.3, 0.4) is 0 Å². The van der Waals surface area contributed by atoms with Crippen LogP contribution < -0.4 is 20.3 Å². The average Bonchev–Trinajstić information content (AvgIpc) is 3.18. The maximum atomic E-state index is 5.93. The summed E-state index contributed by atoms with van der Waals surface area (Å²) in [4.78, 5) is 6.74. The third-order valence-electron chi connectivity index (χ3n) is 4.86. The van der Waals surface area contributed by atoms with Crippen molar-refractivity contribution >= 4 is 23.2 Å². The van der Waals surface area contributed by atoms with Gasteiger partial charge in [0.1, 0.15) is 5.75 Å². The standard InChI is InChI=1S/C21H27ClN4O/c1-23-21(24-13-16-6-8-18(22)9-7-16)25-14-17-10-11-26(15-17)19-4-3-5-20(12-19)27-2/h3-9,12,17H,10-11,13-15H2,1-2H3,(H2,23,24,25). The lowest BCUT2D eigenvalue weighted by atomic mass is 10.1. The zero-order valence-corrected chi connectivity index (χ0v) is 16.7. The van der Waals surface area contributed by atoms with Crippen LogP contribution in [0.15, 0.2) is 53.5 Å². The first-order chi connectivity index (χ1) is 13.2. The second-order valence-electron chi connectivity index (χ2n) is 6.74. The highest BCUT2D eigenvalue weighted by Crippen LogP contribution is 2.26. The van der Waals surface area contributed by atoms with E-state index in [1.54, 1.807) is 14.2 Å². The van der Waals surface area contributed by atoms with Crippen molar-refractivity contribution in [1.82, 2.24) is 10.6 Å². The molecule has 3 rings (SSSR count). The van der Waals surface area contributed by atoms with E-state index in [0.29, 0.717) is 5.92 Å². The number of methoxy groups -OCH3 is 1. The van der Waals surface area contributed by atoms with Crippen molar-refractivity contribution in [3.05, 3.63) is 59.1 Å². The van der Waals surface area contributed by atoms with Crippen molar-refractivity contribution in [3.8, 4) is 5.75 Å². The number of guanidine groups is 1. The molecule has 1 heterocycles. The summed E-state index contributed by atoms with van der Waals surface area (Å²) in [7, 11) is 3.51. The Kier molecular flexibility index (Phi) is 6.82. The van der Waals surface area contributed by atoms with E-state index in [4.69, 9.17) is 16.3 Å². The highest BCUT2D eigenvalue weighted by Gasteiger charge is 2.23. The Hall–Kier alpha value is -2.40. The van der Waals surface area contributed by atoms with E-state index in [0.717, 1.165) is 42.9 Å². The number of halogens is 1. The number of benzene rings is 2. The molecule has 144 valence electrons. The van der Waals surface area contributed by atoms with Gasteiger partial charge in [-0.25, -0.2) is 0 Å². The molecule has 6 heteroatoms. The van der Waals surface area contributed by atoms with Gasteiger partial charge >= 0.3 is 0 Å². The van der Waals surface area contributed by atoms with Gasteiger partial charge in [0.15, 0.2) is 5.96 Å². The fourth-order valence-electron chi connectivity index (χ4n) is 3.29. The molecule has 0 amide bonds. The maximum Gasteiger partial charge on any atom is 0.191 e. The smallest absolute Gasteiger partial charge is 0.191 e. The van der Waals surface area contributed by atoms with E-state index in [9.17, 15) is 0 Å². The number of hydrogen-bond acceptors (Lipinski definition) is 3. The molecule has 2 N–H and O–H groups in total. The van der Waals surface area contributed by atoms with Gasteiger partial charge in [0.25, 0.3) is 0 Å². The summed E-state index contributed by atoms with van der Waals surface area (Å²) in [5.74, 6) is 2.32. The minimum atomic E-state index is 0.588. The molecule has 0 saturated carbocycles. The minimum absolute atomic E-state index is 0.588. The van der Waals surface area contributed by atoms with Crippen molar-refractivity contribution in [2.75, 3.05) is 38.7 Å². The monoisotopic (exact) mass is 386 g/mol. The number of nitrogens with one attached hydrogen (secondary N) is 2. The lowest BCUT2D eigenvalue weighted by Gasteiger charge is -2.20. The first-order valence-electron chi connectivity index (χ1n) is 9.26.